The van der Waals surface area contributed by atoms with E-state index in [2.05, 4.69) is 38.5 Å². The van der Waals surface area contributed by atoms with Gasteiger partial charge in [-0.1, -0.05) is 24.3 Å². The first-order valence-corrected chi connectivity index (χ1v) is 9.86. The van der Waals surface area contributed by atoms with Crippen LogP contribution in [0.15, 0.2) is 24.3 Å². The first kappa shape index (κ1) is 16.5. The SMILES string of the molecule is Cc1nsc(N2CCC(CC(=O)N3CCc4ccccc4C3)CC2)n1. The molecule has 0 saturated carbocycles. The van der Waals surface area contributed by atoms with Crippen LogP contribution >= 0.6 is 11.5 Å². The molecule has 1 fully saturated rings. The van der Waals surface area contributed by atoms with Crippen molar-refractivity contribution >= 4 is 22.6 Å². The maximum absolute atomic E-state index is 12.7. The molecule has 132 valence electrons. The van der Waals surface area contributed by atoms with Crippen LogP contribution in [0, 0.1) is 12.8 Å². The Hall–Kier alpha value is -1.95. The predicted molar refractivity (Wildman–Crippen MR) is 99.8 cm³/mol. The predicted octanol–water partition coefficient (Wildman–Crippen LogP) is 3.04. The van der Waals surface area contributed by atoms with E-state index in [-0.39, 0.29) is 0 Å². The normalized spacial score (nSPS) is 18.3. The topological polar surface area (TPSA) is 49.3 Å². The minimum absolute atomic E-state index is 0.319. The number of carbonyl (C=O) groups excluding carboxylic acids is 1. The van der Waals surface area contributed by atoms with Gasteiger partial charge in [0.25, 0.3) is 0 Å². The van der Waals surface area contributed by atoms with E-state index in [9.17, 15) is 4.79 Å². The lowest BCUT2D eigenvalue weighted by molar-refractivity contribution is -0.133. The number of aromatic nitrogens is 2. The standard InChI is InChI=1S/C19H24N4OS/c1-14-20-19(25-21-14)22-9-6-15(7-10-22)12-18(24)23-11-8-16-4-2-3-5-17(16)13-23/h2-5,15H,6-13H2,1H3. The molecule has 25 heavy (non-hydrogen) atoms. The Balaban J connectivity index is 1.29. The lowest BCUT2D eigenvalue weighted by atomic mass is 9.92. The third kappa shape index (κ3) is 3.68. The Kier molecular flexibility index (Phi) is 4.70. The molecule has 3 heterocycles. The van der Waals surface area contributed by atoms with Crippen molar-refractivity contribution in [3.63, 3.8) is 0 Å². The van der Waals surface area contributed by atoms with E-state index in [1.807, 2.05) is 11.8 Å². The van der Waals surface area contributed by atoms with Crippen LogP contribution in [0.2, 0.25) is 0 Å². The van der Waals surface area contributed by atoms with Crippen molar-refractivity contribution in [2.75, 3.05) is 24.5 Å². The second-order valence-electron chi connectivity index (χ2n) is 7.09. The summed E-state index contributed by atoms with van der Waals surface area (Å²) in [4.78, 5) is 21.5. The molecule has 4 rings (SSSR count). The van der Waals surface area contributed by atoms with Gasteiger partial charge in [0.05, 0.1) is 0 Å². The highest BCUT2D eigenvalue weighted by Gasteiger charge is 2.26. The molecule has 1 aromatic heterocycles. The van der Waals surface area contributed by atoms with Gasteiger partial charge in [-0.25, -0.2) is 4.98 Å². The summed E-state index contributed by atoms with van der Waals surface area (Å²) in [6.45, 7) is 5.53. The molecule has 0 unspecified atom stereocenters. The summed E-state index contributed by atoms with van der Waals surface area (Å²) in [7, 11) is 0. The van der Waals surface area contributed by atoms with Crippen LogP contribution in [0.4, 0.5) is 5.13 Å². The average molecular weight is 356 g/mol. The van der Waals surface area contributed by atoms with E-state index in [0.29, 0.717) is 18.2 Å². The zero-order chi connectivity index (χ0) is 17.2. The van der Waals surface area contributed by atoms with Gasteiger partial charge in [0.2, 0.25) is 11.0 Å². The molecular formula is C19H24N4OS. The van der Waals surface area contributed by atoms with Gasteiger partial charge in [0.15, 0.2) is 0 Å². The van der Waals surface area contributed by atoms with E-state index in [4.69, 9.17) is 0 Å². The minimum Gasteiger partial charge on any atom is -0.347 e. The summed E-state index contributed by atoms with van der Waals surface area (Å²) < 4.78 is 4.27. The van der Waals surface area contributed by atoms with Crippen molar-refractivity contribution in [1.82, 2.24) is 14.3 Å². The van der Waals surface area contributed by atoms with Crippen molar-refractivity contribution in [3.05, 3.63) is 41.2 Å². The van der Waals surface area contributed by atoms with E-state index >= 15 is 0 Å². The minimum atomic E-state index is 0.319. The van der Waals surface area contributed by atoms with Gasteiger partial charge in [-0.05, 0) is 43.2 Å². The first-order valence-electron chi connectivity index (χ1n) is 9.09. The van der Waals surface area contributed by atoms with Crippen LogP contribution in [-0.4, -0.2) is 39.8 Å². The third-order valence-electron chi connectivity index (χ3n) is 5.35. The summed E-state index contributed by atoms with van der Waals surface area (Å²) in [6, 6.07) is 8.49. The number of carbonyl (C=O) groups is 1. The number of benzene rings is 1. The highest BCUT2D eigenvalue weighted by Crippen LogP contribution is 2.27. The van der Waals surface area contributed by atoms with E-state index in [1.54, 1.807) is 0 Å². The number of rotatable bonds is 3. The van der Waals surface area contributed by atoms with Crippen molar-refractivity contribution < 1.29 is 4.79 Å². The molecule has 2 aromatic rings. The highest BCUT2D eigenvalue weighted by atomic mass is 32.1. The maximum Gasteiger partial charge on any atom is 0.223 e. The number of aryl methyl sites for hydroxylation is 1. The van der Waals surface area contributed by atoms with Gasteiger partial charge in [-0.15, -0.1) is 0 Å². The van der Waals surface area contributed by atoms with Crippen LogP contribution < -0.4 is 4.90 Å². The molecule has 0 bridgehead atoms. The molecule has 0 aliphatic carbocycles. The second kappa shape index (κ2) is 7.12. The molecule has 0 spiro atoms. The molecule has 1 saturated heterocycles. The fourth-order valence-corrected chi connectivity index (χ4v) is 4.55. The number of anilines is 1. The lowest BCUT2D eigenvalue weighted by Crippen LogP contribution is -2.39. The lowest BCUT2D eigenvalue weighted by Gasteiger charge is -2.34. The van der Waals surface area contributed by atoms with Gasteiger partial charge in [0, 0.05) is 44.1 Å². The average Bonchev–Trinajstić information content (AvgIpc) is 3.08. The van der Waals surface area contributed by atoms with E-state index < -0.39 is 0 Å². The summed E-state index contributed by atoms with van der Waals surface area (Å²) in [5.41, 5.74) is 2.70. The van der Waals surface area contributed by atoms with Crippen LogP contribution in [0.3, 0.4) is 0 Å². The molecular weight excluding hydrogens is 332 g/mol. The summed E-state index contributed by atoms with van der Waals surface area (Å²) in [5, 5.41) is 1.02. The first-order chi connectivity index (χ1) is 12.2. The summed E-state index contributed by atoms with van der Waals surface area (Å²) >= 11 is 1.48. The molecule has 0 radical (unpaired) electrons. The maximum atomic E-state index is 12.7. The zero-order valence-corrected chi connectivity index (χ0v) is 15.5. The van der Waals surface area contributed by atoms with Crippen molar-refractivity contribution in [2.24, 2.45) is 5.92 Å². The van der Waals surface area contributed by atoms with Crippen molar-refractivity contribution in [2.45, 2.75) is 39.2 Å². The van der Waals surface area contributed by atoms with Crippen LogP contribution in [0.25, 0.3) is 0 Å². The quantitative estimate of drug-likeness (QED) is 0.848. The largest absolute Gasteiger partial charge is 0.347 e. The van der Waals surface area contributed by atoms with Gasteiger partial charge in [-0.2, -0.15) is 4.37 Å². The Morgan fingerprint density at radius 3 is 2.68 bits per heavy atom. The van der Waals surface area contributed by atoms with Crippen molar-refractivity contribution in [1.29, 1.82) is 0 Å². The number of hydrogen-bond acceptors (Lipinski definition) is 5. The van der Waals surface area contributed by atoms with E-state index in [0.717, 1.165) is 56.4 Å². The molecule has 1 aromatic carbocycles. The number of fused-ring (bicyclic) bond motifs is 1. The van der Waals surface area contributed by atoms with Crippen LogP contribution in [-0.2, 0) is 17.8 Å². The number of hydrogen-bond donors (Lipinski definition) is 0. The Bertz CT molecular complexity index is 751. The number of nitrogens with zero attached hydrogens (tertiary/aromatic N) is 4. The monoisotopic (exact) mass is 356 g/mol. The number of amides is 1. The van der Waals surface area contributed by atoms with Crippen LogP contribution in [0.5, 0.6) is 0 Å². The Labute approximate surface area is 152 Å². The smallest absolute Gasteiger partial charge is 0.223 e. The zero-order valence-electron chi connectivity index (χ0n) is 14.6. The highest BCUT2D eigenvalue weighted by molar-refractivity contribution is 7.09. The summed E-state index contributed by atoms with van der Waals surface area (Å²) in [5.74, 6) is 1.66. The molecule has 2 aliphatic rings. The summed E-state index contributed by atoms with van der Waals surface area (Å²) in [6.07, 6.45) is 3.80. The molecule has 2 aliphatic heterocycles. The Morgan fingerprint density at radius 2 is 1.96 bits per heavy atom. The molecule has 6 heteroatoms. The van der Waals surface area contributed by atoms with Gasteiger partial charge in [0.1, 0.15) is 5.82 Å². The fourth-order valence-electron chi connectivity index (χ4n) is 3.83. The van der Waals surface area contributed by atoms with Gasteiger partial charge in [-0.3, -0.25) is 4.79 Å². The van der Waals surface area contributed by atoms with Crippen LogP contribution in [0.1, 0.15) is 36.2 Å². The third-order valence-corrected chi connectivity index (χ3v) is 6.22. The van der Waals surface area contributed by atoms with Gasteiger partial charge < -0.3 is 9.80 Å². The molecule has 0 N–H and O–H groups in total. The van der Waals surface area contributed by atoms with Crippen molar-refractivity contribution in [3.8, 4) is 0 Å². The van der Waals surface area contributed by atoms with E-state index in [1.165, 1.54) is 22.7 Å². The Morgan fingerprint density at radius 1 is 1.20 bits per heavy atom. The second-order valence-corrected chi connectivity index (χ2v) is 7.82. The molecule has 1 amide bonds. The fraction of sp³-hybridized carbons (Fsp3) is 0.526. The molecule has 5 nitrogen and oxygen atoms in total. The van der Waals surface area contributed by atoms with Gasteiger partial charge >= 0.3 is 0 Å². The molecule has 0 atom stereocenters. The number of piperidine rings is 1.